The maximum absolute atomic E-state index is 14.7. The lowest BCUT2D eigenvalue weighted by atomic mass is 9.76. The molecule has 3 aliphatic rings. The van der Waals surface area contributed by atoms with Gasteiger partial charge in [-0.25, -0.2) is 23.1 Å². The minimum Gasteiger partial charge on any atom is -0.475 e. The number of amides is 1. The number of ether oxygens (including phenoxy) is 1. The largest absolute Gasteiger partial charge is 0.475 e. The Balaban J connectivity index is 1.31. The lowest BCUT2D eigenvalue weighted by Gasteiger charge is -2.42. The average Bonchev–Trinajstić information content (AvgIpc) is 3.86. The monoisotopic (exact) mass is 709 g/mol. The molecule has 1 aliphatic heterocycles. The molecule has 51 heavy (non-hydrogen) atoms. The molecule has 2 saturated carbocycles. The van der Waals surface area contributed by atoms with E-state index in [1.54, 1.807) is 23.1 Å². The number of carbonyl (C=O) groups excluding carboxylic acids is 1. The third-order valence-corrected chi connectivity index (χ3v) is 11.9. The molecule has 2 aliphatic carbocycles. The highest BCUT2D eigenvalue weighted by atomic mass is 32.2. The van der Waals surface area contributed by atoms with E-state index >= 15 is 0 Å². The first-order valence-electron chi connectivity index (χ1n) is 17.7. The molecule has 0 unspecified atom stereocenters. The molecule has 7 rings (SSSR count). The standard InChI is InChI=1S/C39H47N7O4S/c1-24-10-8-11-25(2)35(24)31-17-34-43-37(42-31)44-51(48,49)30-13-9-12-27(16-30)36(47)46(29(23-50-34)18-38(4,5)6)22-32-26(3)40-21-33(41-32)45(7)28-19-39(20-28)14-15-39/h8-13,16-17,21,28-29H,14-15,18-20,22-23H2,1-7H3,(H,42,43,44)/t29-/m1/s1. The van der Waals surface area contributed by atoms with Crippen molar-refractivity contribution in [3.05, 3.63) is 82.8 Å². The van der Waals surface area contributed by atoms with Crippen LogP contribution in [0, 0.1) is 31.6 Å². The zero-order valence-electron chi connectivity index (χ0n) is 30.5. The van der Waals surface area contributed by atoms with Crippen molar-refractivity contribution in [2.45, 2.75) is 97.2 Å². The minimum atomic E-state index is -4.18. The summed E-state index contributed by atoms with van der Waals surface area (Å²) in [4.78, 5) is 37.5. The van der Waals surface area contributed by atoms with E-state index < -0.39 is 16.1 Å². The van der Waals surface area contributed by atoms with Crippen LogP contribution in [-0.4, -0.2) is 64.9 Å². The number of nitrogens with zero attached hydrogens (tertiary/aromatic N) is 6. The van der Waals surface area contributed by atoms with Gasteiger partial charge in [0.05, 0.1) is 40.8 Å². The van der Waals surface area contributed by atoms with Gasteiger partial charge in [0, 0.05) is 30.3 Å². The maximum atomic E-state index is 14.7. The number of aryl methyl sites for hydroxylation is 3. The fourth-order valence-corrected chi connectivity index (χ4v) is 8.48. The van der Waals surface area contributed by atoms with E-state index in [1.165, 1.54) is 37.8 Å². The summed E-state index contributed by atoms with van der Waals surface area (Å²) in [6, 6.07) is 13.8. The zero-order chi connectivity index (χ0) is 36.3. The summed E-state index contributed by atoms with van der Waals surface area (Å²) in [5.74, 6) is 0.542. The lowest BCUT2D eigenvalue weighted by Crippen LogP contribution is -2.46. The molecule has 268 valence electrons. The van der Waals surface area contributed by atoms with E-state index in [4.69, 9.17) is 14.7 Å². The van der Waals surface area contributed by atoms with Gasteiger partial charge in [-0.15, -0.1) is 0 Å². The minimum absolute atomic E-state index is 0.0722. The second kappa shape index (κ2) is 12.9. The Labute approximate surface area is 301 Å². The van der Waals surface area contributed by atoms with Gasteiger partial charge in [0.25, 0.3) is 15.9 Å². The molecule has 1 amide bonds. The molecule has 2 fully saturated rings. The maximum Gasteiger partial charge on any atom is 0.264 e. The fourth-order valence-electron chi connectivity index (χ4n) is 7.49. The average molecular weight is 710 g/mol. The quantitative estimate of drug-likeness (QED) is 0.228. The summed E-state index contributed by atoms with van der Waals surface area (Å²) in [7, 11) is -2.10. The SMILES string of the molecule is Cc1cccc(C)c1-c1cc2nc(n1)NS(=O)(=O)c1cccc(c1)C(=O)N(Cc1nc(N(C)C3CC4(CC4)C3)cnc1C)[C@H](CC(C)(C)C)CO2. The van der Waals surface area contributed by atoms with Crippen LogP contribution in [0.1, 0.15) is 85.7 Å². The Kier molecular flexibility index (Phi) is 8.80. The Morgan fingerprint density at radius 2 is 1.71 bits per heavy atom. The van der Waals surface area contributed by atoms with Gasteiger partial charge in [-0.05, 0) is 93.0 Å². The first-order chi connectivity index (χ1) is 24.1. The number of sulfonamides is 1. The second-order valence-corrected chi connectivity index (χ2v) is 17.6. The van der Waals surface area contributed by atoms with Crippen molar-refractivity contribution in [3.63, 3.8) is 0 Å². The molecule has 1 N–H and O–H groups in total. The number of hydrogen-bond donors (Lipinski definition) is 1. The number of rotatable bonds is 6. The molecule has 4 bridgehead atoms. The molecular weight excluding hydrogens is 663 g/mol. The number of hydrogen-bond acceptors (Lipinski definition) is 9. The Morgan fingerprint density at radius 3 is 2.39 bits per heavy atom. The molecule has 1 spiro atoms. The summed E-state index contributed by atoms with van der Waals surface area (Å²) in [5.41, 5.74) is 5.36. The van der Waals surface area contributed by atoms with E-state index in [9.17, 15) is 13.2 Å². The predicted molar refractivity (Wildman–Crippen MR) is 197 cm³/mol. The van der Waals surface area contributed by atoms with E-state index in [0.717, 1.165) is 28.2 Å². The number of fused-ring (bicyclic) bond motifs is 4. The van der Waals surface area contributed by atoms with Gasteiger partial charge in [-0.3, -0.25) is 9.78 Å². The third-order valence-electron chi connectivity index (χ3n) is 10.6. The van der Waals surface area contributed by atoms with Crippen LogP contribution in [-0.2, 0) is 16.6 Å². The van der Waals surface area contributed by atoms with Gasteiger partial charge in [-0.1, -0.05) is 45.0 Å². The van der Waals surface area contributed by atoms with E-state index in [0.29, 0.717) is 29.3 Å². The number of carbonyl (C=O) groups is 1. The topological polar surface area (TPSA) is 131 Å². The molecule has 12 heteroatoms. The van der Waals surface area contributed by atoms with Crippen LogP contribution in [0.5, 0.6) is 5.88 Å². The van der Waals surface area contributed by atoms with E-state index in [1.807, 2.05) is 45.2 Å². The van der Waals surface area contributed by atoms with Gasteiger partial charge in [0.1, 0.15) is 12.4 Å². The summed E-state index contributed by atoms with van der Waals surface area (Å²) in [6.07, 6.45) is 7.39. The van der Waals surface area contributed by atoms with Gasteiger partial charge in [0.2, 0.25) is 11.8 Å². The molecule has 0 saturated heterocycles. The number of anilines is 2. The predicted octanol–water partition coefficient (Wildman–Crippen LogP) is 6.88. The van der Waals surface area contributed by atoms with Crippen LogP contribution < -0.4 is 14.4 Å². The van der Waals surface area contributed by atoms with Crippen LogP contribution in [0.25, 0.3) is 11.3 Å². The van der Waals surface area contributed by atoms with Crippen LogP contribution in [0.4, 0.5) is 11.8 Å². The van der Waals surface area contributed by atoms with Gasteiger partial charge < -0.3 is 14.5 Å². The molecule has 2 aromatic heterocycles. The summed E-state index contributed by atoms with van der Waals surface area (Å²) < 4.78 is 36.6. The van der Waals surface area contributed by atoms with Crippen molar-refractivity contribution in [1.29, 1.82) is 0 Å². The normalized spacial score (nSPS) is 19.5. The van der Waals surface area contributed by atoms with E-state index in [2.05, 4.69) is 47.4 Å². The molecule has 3 heterocycles. The number of nitrogens with one attached hydrogen (secondary N) is 1. The Bertz CT molecular complexity index is 2080. The smallest absolute Gasteiger partial charge is 0.264 e. The lowest BCUT2D eigenvalue weighted by molar-refractivity contribution is 0.0508. The molecule has 1 atom stereocenters. The van der Waals surface area contributed by atoms with E-state index in [-0.39, 0.29) is 46.8 Å². The van der Waals surface area contributed by atoms with Crippen LogP contribution in [0.15, 0.2) is 59.6 Å². The Morgan fingerprint density at radius 1 is 1.00 bits per heavy atom. The van der Waals surface area contributed by atoms with Crippen LogP contribution in [0.2, 0.25) is 0 Å². The van der Waals surface area contributed by atoms with Crippen molar-refractivity contribution < 1.29 is 17.9 Å². The summed E-state index contributed by atoms with van der Waals surface area (Å²) in [5, 5.41) is 0. The van der Waals surface area contributed by atoms with Gasteiger partial charge in [0.15, 0.2) is 0 Å². The van der Waals surface area contributed by atoms with Crippen LogP contribution >= 0.6 is 0 Å². The molecule has 2 aromatic carbocycles. The van der Waals surface area contributed by atoms with Crippen molar-refractivity contribution in [2.75, 3.05) is 23.3 Å². The Hall–Kier alpha value is -4.58. The van der Waals surface area contributed by atoms with Crippen molar-refractivity contribution in [2.24, 2.45) is 10.8 Å². The first-order valence-corrected chi connectivity index (χ1v) is 19.2. The number of aromatic nitrogens is 4. The van der Waals surface area contributed by atoms with Crippen molar-refractivity contribution >= 4 is 27.7 Å². The van der Waals surface area contributed by atoms with Gasteiger partial charge >= 0.3 is 0 Å². The summed E-state index contributed by atoms with van der Waals surface area (Å²) in [6.45, 7) is 12.5. The number of benzene rings is 2. The first kappa shape index (κ1) is 34.9. The fraction of sp³-hybridized carbons (Fsp3) is 0.462. The highest BCUT2D eigenvalue weighted by Crippen LogP contribution is 2.61. The zero-order valence-corrected chi connectivity index (χ0v) is 31.3. The molecule has 0 radical (unpaired) electrons. The second-order valence-electron chi connectivity index (χ2n) is 15.9. The summed E-state index contributed by atoms with van der Waals surface area (Å²) >= 11 is 0. The highest BCUT2D eigenvalue weighted by molar-refractivity contribution is 7.92. The molecular formula is C39H47N7O4S. The molecule has 11 nitrogen and oxygen atoms in total. The highest BCUT2D eigenvalue weighted by Gasteiger charge is 2.54. The third kappa shape index (κ3) is 7.28. The molecule has 4 aromatic rings. The van der Waals surface area contributed by atoms with Crippen molar-refractivity contribution in [3.8, 4) is 17.1 Å². The van der Waals surface area contributed by atoms with Gasteiger partial charge in [-0.2, -0.15) is 4.98 Å². The van der Waals surface area contributed by atoms with Crippen LogP contribution in [0.3, 0.4) is 0 Å². The van der Waals surface area contributed by atoms with Crippen molar-refractivity contribution in [1.82, 2.24) is 24.8 Å².